The highest BCUT2D eigenvalue weighted by molar-refractivity contribution is 9.10. The van der Waals surface area contributed by atoms with Gasteiger partial charge in [0.25, 0.3) is 0 Å². The first-order valence-electron chi connectivity index (χ1n) is 5.66. The molecular weight excluding hydrogens is 312 g/mol. The van der Waals surface area contributed by atoms with Gasteiger partial charge in [0, 0.05) is 10.0 Å². The number of ether oxygens (including phenoxy) is 1. The largest absolute Gasteiger partial charge is 0.496 e. The number of alkyl halides is 1. The number of methoxy groups -OCH3 is 1. The molecule has 0 aliphatic heterocycles. The zero-order valence-corrected chi connectivity index (χ0v) is 12.6. The van der Waals surface area contributed by atoms with Gasteiger partial charge in [-0.1, -0.05) is 45.8 Å². The quantitative estimate of drug-likeness (QED) is 0.714. The van der Waals surface area contributed by atoms with Gasteiger partial charge in [-0.05, 0) is 30.7 Å². The molecular formula is C15H14BrClO. The molecule has 0 N–H and O–H groups in total. The second-order valence-corrected chi connectivity index (χ2v) is 5.52. The van der Waals surface area contributed by atoms with Gasteiger partial charge >= 0.3 is 0 Å². The lowest BCUT2D eigenvalue weighted by atomic mass is 10.0. The summed E-state index contributed by atoms with van der Waals surface area (Å²) in [5.74, 6) is 0.820. The summed E-state index contributed by atoms with van der Waals surface area (Å²) in [7, 11) is 1.67. The Balaban J connectivity index is 2.44. The number of rotatable bonds is 3. The molecule has 2 rings (SSSR count). The van der Waals surface area contributed by atoms with E-state index in [0.717, 1.165) is 21.3 Å². The standard InChI is InChI=1S/C15H14BrClO/c1-10-6-7-14(18-2)13(8-10)15(17)11-4-3-5-12(16)9-11/h3-9,15H,1-2H3. The summed E-state index contributed by atoms with van der Waals surface area (Å²) in [5, 5.41) is -0.211. The van der Waals surface area contributed by atoms with Gasteiger partial charge in [0.05, 0.1) is 12.5 Å². The van der Waals surface area contributed by atoms with Crippen molar-refractivity contribution in [3.63, 3.8) is 0 Å². The van der Waals surface area contributed by atoms with Crippen LogP contribution in [0, 0.1) is 6.92 Å². The highest BCUT2D eigenvalue weighted by Crippen LogP contribution is 2.36. The van der Waals surface area contributed by atoms with Crippen molar-refractivity contribution in [2.24, 2.45) is 0 Å². The van der Waals surface area contributed by atoms with Crippen LogP contribution in [-0.4, -0.2) is 7.11 Å². The third kappa shape index (κ3) is 2.88. The third-order valence-corrected chi connectivity index (χ3v) is 3.78. The van der Waals surface area contributed by atoms with Crippen molar-refractivity contribution in [1.29, 1.82) is 0 Å². The van der Waals surface area contributed by atoms with Crippen molar-refractivity contribution in [2.45, 2.75) is 12.3 Å². The summed E-state index contributed by atoms with van der Waals surface area (Å²) in [6, 6.07) is 14.1. The van der Waals surface area contributed by atoms with Crippen molar-refractivity contribution in [2.75, 3.05) is 7.11 Å². The number of hydrogen-bond acceptors (Lipinski definition) is 1. The van der Waals surface area contributed by atoms with Gasteiger partial charge in [0.2, 0.25) is 0 Å². The number of benzene rings is 2. The van der Waals surface area contributed by atoms with Gasteiger partial charge in [-0.3, -0.25) is 0 Å². The Morgan fingerprint density at radius 1 is 1.17 bits per heavy atom. The molecule has 2 aromatic carbocycles. The van der Waals surface area contributed by atoms with Gasteiger partial charge in [0.1, 0.15) is 5.75 Å². The van der Waals surface area contributed by atoms with E-state index in [1.807, 2.05) is 43.3 Å². The molecule has 0 radical (unpaired) electrons. The predicted octanol–water partition coefficient (Wildman–Crippen LogP) is 5.09. The SMILES string of the molecule is COc1ccc(C)cc1C(Cl)c1cccc(Br)c1. The minimum absolute atomic E-state index is 0.211. The van der Waals surface area contributed by atoms with Crippen LogP contribution in [0.4, 0.5) is 0 Å². The lowest BCUT2D eigenvalue weighted by molar-refractivity contribution is 0.410. The van der Waals surface area contributed by atoms with Gasteiger partial charge in [-0.15, -0.1) is 11.6 Å². The van der Waals surface area contributed by atoms with Gasteiger partial charge in [-0.2, -0.15) is 0 Å². The molecule has 1 unspecified atom stereocenters. The Bertz CT molecular complexity index is 554. The molecule has 0 bridgehead atoms. The van der Waals surface area contributed by atoms with E-state index in [9.17, 15) is 0 Å². The van der Waals surface area contributed by atoms with Crippen LogP contribution in [0.5, 0.6) is 5.75 Å². The highest BCUT2D eigenvalue weighted by atomic mass is 79.9. The topological polar surface area (TPSA) is 9.23 Å². The first-order chi connectivity index (χ1) is 8.61. The Kier molecular flexibility index (Phi) is 4.31. The zero-order chi connectivity index (χ0) is 13.1. The fourth-order valence-electron chi connectivity index (χ4n) is 1.90. The number of aryl methyl sites for hydroxylation is 1. The maximum atomic E-state index is 6.56. The van der Waals surface area contributed by atoms with Crippen molar-refractivity contribution in [3.8, 4) is 5.75 Å². The second kappa shape index (κ2) is 5.77. The summed E-state index contributed by atoms with van der Waals surface area (Å²) in [5.41, 5.74) is 3.22. The minimum Gasteiger partial charge on any atom is -0.496 e. The van der Waals surface area contributed by atoms with Crippen LogP contribution in [0.25, 0.3) is 0 Å². The molecule has 94 valence electrons. The van der Waals surface area contributed by atoms with E-state index in [0.29, 0.717) is 0 Å². The molecule has 0 aromatic heterocycles. The van der Waals surface area contributed by atoms with Crippen LogP contribution in [0.3, 0.4) is 0 Å². The fraction of sp³-hybridized carbons (Fsp3) is 0.200. The van der Waals surface area contributed by atoms with E-state index in [1.165, 1.54) is 5.56 Å². The van der Waals surface area contributed by atoms with Crippen molar-refractivity contribution >= 4 is 27.5 Å². The second-order valence-electron chi connectivity index (χ2n) is 4.16. The highest BCUT2D eigenvalue weighted by Gasteiger charge is 2.16. The maximum Gasteiger partial charge on any atom is 0.123 e. The lowest BCUT2D eigenvalue weighted by Gasteiger charge is -2.15. The monoisotopic (exact) mass is 324 g/mol. The molecule has 1 nitrogen and oxygen atoms in total. The third-order valence-electron chi connectivity index (χ3n) is 2.80. The Hall–Kier alpha value is -0.990. The Morgan fingerprint density at radius 2 is 1.94 bits per heavy atom. The van der Waals surface area contributed by atoms with Gasteiger partial charge < -0.3 is 4.74 Å². The molecule has 2 aromatic rings. The minimum atomic E-state index is -0.211. The predicted molar refractivity (Wildman–Crippen MR) is 79.6 cm³/mol. The summed E-state index contributed by atoms with van der Waals surface area (Å²) in [6.45, 7) is 2.05. The molecule has 1 atom stereocenters. The summed E-state index contributed by atoms with van der Waals surface area (Å²) >= 11 is 10.0. The number of halogens is 2. The van der Waals surface area contributed by atoms with Crippen molar-refractivity contribution < 1.29 is 4.74 Å². The van der Waals surface area contributed by atoms with Crippen LogP contribution >= 0.6 is 27.5 Å². The first kappa shape index (κ1) is 13.4. The summed E-state index contributed by atoms with van der Waals surface area (Å²) in [6.07, 6.45) is 0. The first-order valence-corrected chi connectivity index (χ1v) is 6.89. The summed E-state index contributed by atoms with van der Waals surface area (Å²) < 4.78 is 6.40. The average molecular weight is 326 g/mol. The average Bonchev–Trinajstić information content (AvgIpc) is 2.38. The van der Waals surface area contributed by atoms with Crippen LogP contribution in [-0.2, 0) is 0 Å². The number of hydrogen-bond donors (Lipinski definition) is 0. The maximum absolute atomic E-state index is 6.56. The molecule has 0 aliphatic carbocycles. The molecule has 0 spiro atoms. The van der Waals surface area contributed by atoms with Crippen LogP contribution < -0.4 is 4.74 Å². The van der Waals surface area contributed by atoms with E-state index in [-0.39, 0.29) is 5.38 Å². The van der Waals surface area contributed by atoms with E-state index >= 15 is 0 Å². The van der Waals surface area contributed by atoms with Gasteiger partial charge in [-0.25, -0.2) is 0 Å². The summed E-state index contributed by atoms with van der Waals surface area (Å²) in [4.78, 5) is 0. The Labute approximate surface area is 121 Å². The Morgan fingerprint density at radius 3 is 2.61 bits per heavy atom. The van der Waals surface area contributed by atoms with Gasteiger partial charge in [0.15, 0.2) is 0 Å². The van der Waals surface area contributed by atoms with Crippen LogP contribution in [0.15, 0.2) is 46.9 Å². The van der Waals surface area contributed by atoms with E-state index in [1.54, 1.807) is 7.11 Å². The molecule has 0 saturated heterocycles. The molecule has 18 heavy (non-hydrogen) atoms. The fourth-order valence-corrected chi connectivity index (χ4v) is 2.62. The lowest BCUT2D eigenvalue weighted by Crippen LogP contribution is -1.98. The van der Waals surface area contributed by atoms with Crippen molar-refractivity contribution in [1.82, 2.24) is 0 Å². The normalized spacial score (nSPS) is 12.2. The van der Waals surface area contributed by atoms with Crippen LogP contribution in [0.2, 0.25) is 0 Å². The van der Waals surface area contributed by atoms with Crippen LogP contribution in [0.1, 0.15) is 22.1 Å². The smallest absolute Gasteiger partial charge is 0.123 e. The molecule has 0 heterocycles. The van der Waals surface area contributed by atoms with E-state index < -0.39 is 0 Å². The molecule has 3 heteroatoms. The molecule has 0 aliphatic rings. The zero-order valence-electron chi connectivity index (χ0n) is 10.3. The molecule has 0 amide bonds. The molecule has 0 saturated carbocycles. The van der Waals surface area contributed by atoms with E-state index in [2.05, 4.69) is 22.0 Å². The molecule has 0 fully saturated rings. The van der Waals surface area contributed by atoms with Crippen molar-refractivity contribution in [3.05, 3.63) is 63.6 Å². The van der Waals surface area contributed by atoms with E-state index in [4.69, 9.17) is 16.3 Å².